The van der Waals surface area contributed by atoms with Crippen LogP contribution in [0, 0.1) is 0 Å². The summed E-state index contributed by atoms with van der Waals surface area (Å²) >= 11 is 0. The minimum atomic E-state index is -1.51. The molecule has 30 heavy (non-hydrogen) atoms. The zero-order valence-electron chi connectivity index (χ0n) is 16.6. The van der Waals surface area contributed by atoms with Crippen LogP contribution in [0.5, 0.6) is 5.75 Å². The predicted octanol–water partition coefficient (Wildman–Crippen LogP) is 0.580. The Morgan fingerprint density at radius 1 is 1.00 bits per heavy atom. The van der Waals surface area contributed by atoms with E-state index >= 15 is 0 Å². The Hall–Kier alpha value is -3.36. The van der Waals surface area contributed by atoms with Crippen molar-refractivity contribution in [3.05, 3.63) is 65.2 Å². The summed E-state index contributed by atoms with van der Waals surface area (Å²) in [6.07, 6.45) is 0. The smallest absolute Gasteiger partial charge is 0.354 e. The van der Waals surface area contributed by atoms with Gasteiger partial charge in [-0.2, -0.15) is 4.48 Å². The highest BCUT2D eigenvalue weighted by molar-refractivity contribution is 6.14. The first kappa shape index (κ1) is 21.4. The maximum atomic E-state index is 12.9. The SMILES string of the molecule is CC(C)(O)C(=O)c1ccc(OCC[N+]2(CC(=O)[O-])C(=O)c3ccccc3C2=O)cc1. The number of nitrogens with zero attached hydrogens (tertiary/aromatic N) is 1. The number of carboxylic acid groups (broad SMARTS) is 1. The zero-order valence-corrected chi connectivity index (χ0v) is 16.6. The van der Waals surface area contributed by atoms with E-state index in [1.807, 2.05) is 0 Å². The van der Waals surface area contributed by atoms with E-state index in [1.165, 1.54) is 50.2 Å². The summed E-state index contributed by atoms with van der Waals surface area (Å²) < 4.78 is 4.65. The van der Waals surface area contributed by atoms with Gasteiger partial charge in [-0.05, 0) is 50.2 Å². The quantitative estimate of drug-likeness (QED) is 0.383. The summed E-state index contributed by atoms with van der Waals surface area (Å²) in [5.41, 5.74) is -0.845. The average Bonchev–Trinajstić information content (AvgIpc) is 2.89. The lowest BCUT2D eigenvalue weighted by Gasteiger charge is -2.28. The number of carbonyl (C=O) groups is 4. The predicted molar refractivity (Wildman–Crippen MR) is 103 cm³/mol. The third-order valence-corrected chi connectivity index (χ3v) is 4.98. The van der Waals surface area contributed by atoms with Crippen molar-refractivity contribution < 1.29 is 38.6 Å². The third kappa shape index (κ3) is 3.87. The zero-order chi connectivity index (χ0) is 22.1. The number of ketones is 1. The number of benzene rings is 2. The second-order valence-corrected chi connectivity index (χ2v) is 7.64. The lowest BCUT2D eigenvalue weighted by molar-refractivity contribution is -0.758. The molecule has 8 heteroatoms. The maximum Gasteiger partial charge on any atom is 0.354 e. The summed E-state index contributed by atoms with van der Waals surface area (Å²) in [5, 5.41) is 21.1. The summed E-state index contributed by atoms with van der Waals surface area (Å²) in [4.78, 5) is 49.1. The molecule has 0 spiro atoms. The van der Waals surface area contributed by atoms with E-state index in [1.54, 1.807) is 12.1 Å². The van der Waals surface area contributed by atoms with Crippen LogP contribution in [0.1, 0.15) is 44.9 Å². The molecule has 0 fully saturated rings. The van der Waals surface area contributed by atoms with Gasteiger partial charge in [-0.3, -0.25) is 4.79 Å². The van der Waals surface area contributed by atoms with E-state index in [4.69, 9.17) is 4.74 Å². The molecule has 0 saturated carbocycles. The van der Waals surface area contributed by atoms with E-state index in [2.05, 4.69) is 0 Å². The Bertz CT molecular complexity index is 984. The van der Waals surface area contributed by atoms with E-state index < -0.39 is 40.2 Å². The van der Waals surface area contributed by atoms with Crippen molar-refractivity contribution in [2.24, 2.45) is 0 Å². The topological polar surface area (TPSA) is 121 Å². The number of Topliss-reactive ketones (excluding diaryl/α,β-unsaturated/α-hetero) is 1. The highest BCUT2D eigenvalue weighted by Crippen LogP contribution is 2.30. The minimum absolute atomic E-state index is 0.114. The number of aliphatic carboxylic acids is 1. The lowest BCUT2D eigenvalue weighted by atomic mass is 9.97. The van der Waals surface area contributed by atoms with Crippen molar-refractivity contribution in [3.8, 4) is 5.75 Å². The first-order valence-electron chi connectivity index (χ1n) is 9.32. The molecule has 0 radical (unpaired) electrons. The van der Waals surface area contributed by atoms with E-state index in [0.717, 1.165) is 0 Å². The second kappa shape index (κ2) is 7.81. The minimum Gasteiger partial charge on any atom is -0.544 e. The van der Waals surface area contributed by atoms with Crippen LogP contribution in [0.4, 0.5) is 0 Å². The molecule has 0 bridgehead atoms. The van der Waals surface area contributed by atoms with Crippen LogP contribution >= 0.6 is 0 Å². The van der Waals surface area contributed by atoms with Crippen molar-refractivity contribution in [3.63, 3.8) is 0 Å². The molecule has 1 N–H and O–H groups in total. The Balaban J connectivity index is 1.74. The van der Waals surface area contributed by atoms with Gasteiger partial charge in [-0.15, -0.1) is 0 Å². The number of imide groups is 1. The van der Waals surface area contributed by atoms with Crippen LogP contribution in [0.25, 0.3) is 0 Å². The van der Waals surface area contributed by atoms with Gasteiger partial charge < -0.3 is 19.7 Å². The number of aliphatic hydroxyl groups is 1. The molecule has 0 aromatic heterocycles. The van der Waals surface area contributed by atoms with Crippen LogP contribution in [-0.4, -0.2) is 58.5 Å². The maximum absolute atomic E-state index is 12.9. The van der Waals surface area contributed by atoms with Crippen molar-refractivity contribution in [2.45, 2.75) is 19.4 Å². The largest absolute Gasteiger partial charge is 0.544 e. The fourth-order valence-corrected chi connectivity index (χ4v) is 3.43. The first-order valence-corrected chi connectivity index (χ1v) is 9.32. The van der Waals surface area contributed by atoms with Gasteiger partial charge in [0.25, 0.3) is 0 Å². The molecule has 2 aromatic carbocycles. The summed E-state index contributed by atoms with van der Waals surface area (Å²) in [6.45, 7) is 1.70. The summed E-state index contributed by atoms with van der Waals surface area (Å²) in [5.74, 6) is -2.80. The van der Waals surface area contributed by atoms with Crippen LogP contribution in [0.3, 0.4) is 0 Å². The molecule has 8 nitrogen and oxygen atoms in total. The van der Waals surface area contributed by atoms with Gasteiger partial charge in [0.1, 0.15) is 31.0 Å². The Morgan fingerprint density at radius 2 is 1.53 bits per heavy atom. The van der Waals surface area contributed by atoms with E-state index in [0.29, 0.717) is 11.3 Å². The third-order valence-electron chi connectivity index (χ3n) is 4.98. The number of carboxylic acids is 1. The second-order valence-electron chi connectivity index (χ2n) is 7.64. The lowest BCUT2D eigenvalue weighted by Crippen LogP contribution is -2.59. The van der Waals surface area contributed by atoms with Crippen molar-refractivity contribution in [2.75, 3.05) is 19.7 Å². The Labute approximate surface area is 172 Å². The molecule has 2 amide bonds. The van der Waals surface area contributed by atoms with Crippen molar-refractivity contribution >= 4 is 23.6 Å². The van der Waals surface area contributed by atoms with Crippen molar-refractivity contribution in [1.29, 1.82) is 0 Å². The van der Waals surface area contributed by atoms with Crippen LogP contribution in [-0.2, 0) is 4.79 Å². The summed E-state index contributed by atoms with van der Waals surface area (Å²) in [6, 6.07) is 12.2. The van der Waals surface area contributed by atoms with E-state index in [-0.39, 0.29) is 24.3 Å². The highest BCUT2D eigenvalue weighted by Gasteiger charge is 2.53. The number of amides is 2. The molecule has 0 atom stereocenters. The molecule has 0 aliphatic carbocycles. The molecule has 2 aromatic rings. The van der Waals surface area contributed by atoms with Crippen LogP contribution in [0.2, 0.25) is 0 Å². The first-order chi connectivity index (χ1) is 14.1. The standard InChI is InChI=1S/C22H21NO7/c1-22(2,29)19(26)14-7-9-15(10-8-14)30-12-11-23(13-18(24)25)20(27)16-5-3-4-6-17(16)21(23)28/h3-10,29H,11-13H2,1-2H3. The Kier molecular flexibility index (Phi) is 5.56. The fourth-order valence-electron chi connectivity index (χ4n) is 3.43. The molecule has 0 unspecified atom stereocenters. The molecular weight excluding hydrogens is 390 g/mol. The molecule has 1 heterocycles. The number of hydrogen-bond acceptors (Lipinski definition) is 7. The van der Waals surface area contributed by atoms with Gasteiger partial charge in [0.05, 0.1) is 17.1 Å². The number of ether oxygens (including phenoxy) is 1. The van der Waals surface area contributed by atoms with Crippen molar-refractivity contribution in [1.82, 2.24) is 0 Å². The monoisotopic (exact) mass is 411 g/mol. The molecular formula is C22H21NO7. The Morgan fingerprint density at radius 3 is 2.00 bits per heavy atom. The molecule has 1 aliphatic heterocycles. The summed E-state index contributed by atoms with van der Waals surface area (Å²) in [7, 11) is 0. The van der Waals surface area contributed by atoms with Gasteiger partial charge in [-0.25, -0.2) is 9.59 Å². The van der Waals surface area contributed by atoms with Gasteiger partial charge in [0.15, 0.2) is 5.78 Å². The molecule has 1 aliphatic rings. The molecule has 3 rings (SSSR count). The van der Waals surface area contributed by atoms with Gasteiger partial charge in [0, 0.05) is 5.56 Å². The number of hydrogen-bond donors (Lipinski definition) is 1. The fraction of sp³-hybridized carbons (Fsp3) is 0.273. The van der Waals surface area contributed by atoms with Gasteiger partial charge in [-0.1, -0.05) is 12.1 Å². The van der Waals surface area contributed by atoms with Crippen LogP contribution in [0.15, 0.2) is 48.5 Å². The molecule has 0 saturated heterocycles. The normalized spacial score (nSPS) is 15.0. The highest BCUT2D eigenvalue weighted by atomic mass is 16.5. The van der Waals surface area contributed by atoms with Gasteiger partial charge in [0.2, 0.25) is 0 Å². The van der Waals surface area contributed by atoms with Crippen LogP contribution < -0.4 is 9.84 Å². The number of fused-ring (bicyclic) bond motifs is 1. The molecule has 156 valence electrons. The van der Waals surface area contributed by atoms with E-state index in [9.17, 15) is 29.4 Å². The number of quaternary nitrogens is 1. The van der Waals surface area contributed by atoms with Gasteiger partial charge >= 0.3 is 11.8 Å². The number of carbonyl (C=O) groups excluding carboxylic acids is 4. The average molecular weight is 411 g/mol. The number of rotatable bonds is 8.